The highest BCUT2D eigenvalue weighted by Gasteiger charge is 2.53. The highest BCUT2D eigenvalue weighted by atomic mass is 16.8. The predicted octanol–water partition coefficient (Wildman–Crippen LogP) is -1.96. The van der Waals surface area contributed by atoms with Crippen LogP contribution in [0, 0.1) is 0 Å². The Morgan fingerprint density at radius 3 is 2.04 bits per heavy atom. The second-order valence-electron chi connectivity index (χ2n) is 13.9. The number of allylic oxidation sites excluding steroid dienone is 2. The second-order valence-corrected chi connectivity index (χ2v) is 13.9. The molecule has 3 saturated heterocycles. The van der Waals surface area contributed by atoms with Crippen molar-refractivity contribution in [2.75, 3.05) is 6.61 Å². The highest BCUT2D eigenvalue weighted by Crippen LogP contribution is 2.41. The molecule has 302 valence electrons. The molecule has 0 radical (unpaired) electrons. The van der Waals surface area contributed by atoms with Crippen molar-refractivity contribution in [3.63, 3.8) is 0 Å². The first-order valence-electron chi connectivity index (χ1n) is 17.4. The Morgan fingerprint density at radius 1 is 0.727 bits per heavy atom. The van der Waals surface area contributed by atoms with Crippen molar-refractivity contribution in [2.24, 2.45) is 0 Å². The summed E-state index contributed by atoms with van der Waals surface area (Å²) in [5.41, 5.74) is 0.498. The van der Waals surface area contributed by atoms with Crippen molar-refractivity contribution >= 4 is 17.3 Å². The Morgan fingerprint density at radius 2 is 1.36 bits per heavy atom. The number of aromatic hydroxyl groups is 3. The maximum absolute atomic E-state index is 14.2. The van der Waals surface area contributed by atoms with E-state index < -0.39 is 122 Å². The number of ketones is 1. The molecule has 3 aliphatic heterocycles. The lowest BCUT2D eigenvalue weighted by Crippen LogP contribution is -2.65. The number of Topliss-reactive ketones (excluding diaryl/α,β-unsaturated/α-hetero) is 1. The van der Waals surface area contributed by atoms with E-state index in [0.717, 1.165) is 13.0 Å². The zero-order valence-corrected chi connectivity index (χ0v) is 29.7. The third-order valence-electron chi connectivity index (χ3n) is 9.96. The molecule has 6 rings (SSSR count). The molecule has 0 spiro atoms. The Bertz CT molecular complexity index is 1750. The zero-order valence-electron chi connectivity index (χ0n) is 29.7. The number of aliphatic hydroxyl groups is 7. The fourth-order valence-corrected chi connectivity index (χ4v) is 6.98. The van der Waals surface area contributed by atoms with Crippen LogP contribution in [-0.4, -0.2) is 162 Å². The molecule has 2 aromatic rings. The van der Waals surface area contributed by atoms with Gasteiger partial charge >= 0.3 is 5.97 Å². The van der Waals surface area contributed by atoms with Crippen LogP contribution in [-0.2, 0) is 44.4 Å². The Labute approximate surface area is 313 Å². The van der Waals surface area contributed by atoms with Crippen LogP contribution in [0.5, 0.6) is 17.2 Å². The summed E-state index contributed by atoms with van der Waals surface area (Å²) in [5, 5.41) is 106. The van der Waals surface area contributed by atoms with E-state index in [1.165, 1.54) is 44.2 Å². The van der Waals surface area contributed by atoms with E-state index in [1.54, 1.807) is 0 Å². The molecule has 10 N–H and O–H groups in total. The molecular weight excluding hydrogens is 736 g/mol. The molecular formula is C36H44O19. The Hall–Kier alpha value is -3.96. The van der Waals surface area contributed by atoms with Gasteiger partial charge in [-0.05, 0) is 43.2 Å². The zero-order chi connectivity index (χ0) is 40.0. The highest BCUT2D eigenvalue weighted by molar-refractivity contribution is 6.16. The number of rotatable bonds is 9. The molecule has 15 atom stereocenters. The molecule has 2 aromatic carbocycles. The lowest BCUT2D eigenvalue weighted by Gasteiger charge is -2.46. The Kier molecular flexibility index (Phi) is 12.0. The molecule has 0 unspecified atom stereocenters. The number of phenols is 3. The van der Waals surface area contributed by atoms with Crippen LogP contribution in [0.25, 0.3) is 5.57 Å². The summed E-state index contributed by atoms with van der Waals surface area (Å²) in [6.07, 6.45) is -24.4. The summed E-state index contributed by atoms with van der Waals surface area (Å²) in [6.45, 7) is 3.28. The summed E-state index contributed by atoms with van der Waals surface area (Å²) >= 11 is 0. The average Bonchev–Trinajstić information content (AvgIpc) is 3.13. The summed E-state index contributed by atoms with van der Waals surface area (Å²) in [7, 11) is 0. The molecule has 19 nitrogen and oxygen atoms in total. The number of phenolic OH excluding ortho intramolecular Hbond substituents is 3. The van der Waals surface area contributed by atoms with Crippen LogP contribution in [0.3, 0.4) is 0 Å². The van der Waals surface area contributed by atoms with Gasteiger partial charge in [0.1, 0.15) is 66.1 Å². The van der Waals surface area contributed by atoms with Crippen LogP contribution >= 0.6 is 0 Å². The molecule has 3 heterocycles. The number of carbonyl (C=O) groups is 2. The topological polar surface area (TPSA) is 301 Å². The van der Waals surface area contributed by atoms with Gasteiger partial charge in [0.05, 0.1) is 24.4 Å². The molecule has 55 heavy (non-hydrogen) atoms. The second kappa shape index (κ2) is 16.3. The van der Waals surface area contributed by atoms with Crippen LogP contribution in [0.4, 0.5) is 0 Å². The van der Waals surface area contributed by atoms with Gasteiger partial charge in [0.2, 0.25) is 12.1 Å². The monoisotopic (exact) mass is 780 g/mol. The number of fused-ring (bicyclic) bond motifs is 1. The maximum atomic E-state index is 14.2. The van der Waals surface area contributed by atoms with Crippen LogP contribution in [0.2, 0.25) is 0 Å². The number of benzene rings is 2. The summed E-state index contributed by atoms with van der Waals surface area (Å²) in [5.74, 6) is -3.14. The summed E-state index contributed by atoms with van der Waals surface area (Å²) in [6, 6.07) is 7.84. The van der Waals surface area contributed by atoms with Crippen LogP contribution < -0.4 is 0 Å². The van der Waals surface area contributed by atoms with Crippen molar-refractivity contribution in [3.05, 3.63) is 58.8 Å². The minimum atomic E-state index is -1.99. The summed E-state index contributed by atoms with van der Waals surface area (Å²) < 4.78 is 40.1. The first-order valence-corrected chi connectivity index (χ1v) is 17.4. The number of carbonyl (C=O) groups excluding carboxylic acids is 2. The van der Waals surface area contributed by atoms with Gasteiger partial charge in [-0.15, -0.1) is 0 Å². The van der Waals surface area contributed by atoms with Crippen molar-refractivity contribution < 1.29 is 93.8 Å². The fraction of sp³-hybridized carbons (Fsp3) is 0.556. The van der Waals surface area contributed by atoms with Gasteiger partial charge in [-0.3, -0.25) is 9.59 Å². The standard InChI is InChI=1S/C36H44O19/c1-12-23(41)26(44)29(47)34(50-12)49-11-21-24(42)27(45)33(55-35-30(48)28(46)31(13(2)51-35)52-14(3)37)36(53-21)54-32-19(15-4-6-17(38)7-5-15)9-16-8-18(39)10-20(40)22(16)25(32)43/h4-8,10,12-13,21,23-24,26-31,33-36,38-42,44-48H,9,11H2,1-3H3/t12-,13-,21+,23-,24-,26+,27-,28-,29+,30+,31-,33+,34+,35-,36-/m0/s1. The first-order chi connectivity index (χ1) is 26.0. The van der Waals surface area contributed by atoms with Crippen molar-refractivity contribution in [3.8, 4) is 17.2 Å². The van der Waals surface area contributed by atoms with E-state index in [2.05, 4.69) is 0 Å². The number of hydrogen-bond donors (Lipinski definition) is 10. The van der Waals surface area contributed by atoms with Crippen LogP contribution in [0.15, 0.2) is 42.2 Å². The molecule has 1 aliphatic carbocycles. The largest absolute Gasteiger partial charge is 0.508 e. The normalized spacial score (nSPS) is 38.0. The minimum absolute atomic E-state index is 0.101. The van der Waals surface area contributed by atoms with E-state index in [4.69, 9.17) is 33.2 Å². The SMILES string of the molecule is CC(=O)O[C@@H]1[C@@H](O)[C@@H](O)[C@H](O[C@H]2[C@H](OC3=C(c4ccc(O)cc4)Cc4cc(O)cc(O)c4C3=O)O[C@H](CO[C@@H]3O[C@@H](C)[C@H](O)[C@@H](O)[C@H]3O)[C@H](O)[C@@H]2O)O[C@H]1C. The number of ether oxygens (including phenoxy) is 7. The predicted molar refractivity (Wildman–Crippen MR) is 180 cm³/mol. The molecule has 0 amide bonds. The molecule has 0 saturated carbocycles. The maximum Gasteiger partial charge on any atom is 0.303 e. The van der Waals surface area contributed by atoms with Gasteiger partial charge in [-0.1, -0.05) is 12.1 Å². The van der Waals surface area contributed by atoms with E-state index in [-0.39, 0.29) is 34.6 Å². The summed E-state index contributed by atoms with van der Waals surface area (Å²) in [4.78, 5) is 25.8. The van der Waals surface area contributed by atoms with Gasteiger partial charge in [0.15, 0.2) is 30.5 Å². The van der Waals surface area contributed by atoms with E-state index >= 15 is 0 Å². The minimum Gasteiger partial charge on any atom is -0.508 e. The first kappa shape index (κ1) is 40.7. The van der Waals surface area contributed by atoms with E-state index in [1.807, 2.05) is 0 Å². The van der Waals surface area contributed by atoms with Crippen molar-refractivity contribution in [2.45, 2.75) is 119 Å². The van der Waals surface area contributed by atoms with E-state index in [0.29, 0.717) is 5.56 Å². The number of aliphatic hydroxyl groups excluding tert-OH is 7. The van der Waals surface area contributed by atoms with Gasteiger partial charge < -0.3 is 84.2 Å². The third-order valence-corrected chi connectivity index (χ3v) is 9.96. The van der Waals surface area contributed by atoms with Gasteiger partial charge in [-0.2, -0.15) is 0 Å². The van der Waals surface area contributed by atoms with Gasteiger partial charge in [-0.25, -0.2) is 0 Å². The van der Waals surface area contributed by atoms with Crippen molar-refractivity contribution in [1.82, 2.24) is 0 Å². The quantitative estimate of drug-likeness (QED) is 0.124. The molecule has 0 aromatic heterocycles. The lowest BCUT2D eigenvalue weighted by molar-refractivity contribution is -0.365. The molecule has 3 fully saturated rings. The molecule has 4 aliphatic rings. The smallest absolute Gasteiger partial charge is 0.303 e. The van der Waals surface area contributed by atoms with Crippen molar-refractivity contribution in [1.29, 1.82) is 0 Å². The number of hydrogen-bond acceptors (Lipinski definition) is 19. The van der Waals surface area contributed by atoms with Gasteiger partial charge in [0, 0.05) is 25.0 Å². The number of esters is 1. The third kappa shape index (κ3) is 8.15. The lowest BCUT2D eigenvalue weighted by atomic mass is 9.85. The van der Waals surface area contributed by atoms with Gasteiger partial charge in [0.25, 0.3) is 0 Å². The Balaban J connectivity index is 1.35. The van der Waals surface area contributed by atoms with E-state index in [9.17, 15) is 60.7 Å². The molecule has 19 heteroatoms. The fourth-order valence-electron chi connectivity index (χ4n) is 6.98. The average molecular weight is 781 g/mol. The molecule has 0 bridgehead atoms. The van der Waals surface area contributed by atoms with Crippen LogP contribution in [0.1, 0.15) is 42.3 Å².